The standard InChI is InChI=1S/C22H19F6NO3/c1-10-5-6-13(22(26,27)28)8-14(10)29-20(31)18-16-9-15(30)19(32-16)17(18)11-3-2-4-12(7-11)21(23,24)25/h2-8,15-19,30H,9H2,1H3,(H,29,31)/t15-,16+,17+,18-,19-/m0/s1. The Hall–Kier alpha value is -2.59. The molecule has 0 unspecified atom stereocenters. The van der Waals surface area contributed by atoms with Crippen molar-refractivity contribution in [3.8, 4) is 0 Å². The summed E-state index contributed by atoms with van der Waals surface area (Å²) >= 11 is 0. The van der Waals surface area contributed by atoms with Crippen LogP contribution in [0.15, 0.2) is 42.5 Å². The van der Waals surface area contributed by atoms with Crippen LogP contribution in [0.1, 0.15) is 34.6 Å². The van der Waals surface area contributed by atoms with Gasteiger partial charge in [0.25, 0.3) is 0 Å². The molecule has 2 aliphatic rings. The maximum atomic E-state index is 13.2. The average molecular weight is 459 g/mol. The van der Waals surface area contributed by atoms with Crippen LogP contribution in [0, 0.1) is 12.8 Å². The van der Waals surface area contributed by atoms with Gasteiger partial charge in [0, 0.05) is 18.0 Å². The third-order valence-corrected chi connectivity index (χ3v) is 6.05. The molecule has 2 aromatic rings. The molecule has 0 saturated carbocycles. The van der Waals surface area contributed by atoms with E-state index in [0.29, 0.717) is 5.56 Å². The van der Waals surface area contributed by atoms with Crippen LogP contribution in [-0.2, 0) is 21.9 Å². The lowest BCUT2D eigenvalue weighted by molar-refractivity contribution is -0.138. The summed E-state index contributed by atoms with van der Waals surface area (Å²) in [4.78, 5) is 13.1. The summed E-state index contributed by atoms with van der Waals surface area (Å²) in [5.74, 6) is -2.52. The number of nitrogens with one attached hydrogen (secondary N) is 1. The first-order valence-corrected chi connectivity index (χ1v) is 9.85. The Bertz CT molecular complexity index is 1040. The molecule has 2 fully saturated rings. The maximum Gasteiger partial charge on any atom is 0.416 e. The minimum Gasteiger partial charge on any atom is -0.390 e. The molecule has 0 radical (unpaired) electrons. The summed E-state index contributed by atoms with van der Waals surface area (Å²) in [6.45, 7) is 1.53. The number of halogens is 6. The second-order valence-corrected chi connectivity index (χ2v) is 8.13. The molecule has 2 aromatic carbocycles. The molecule has 2 saturated heterocycles. The van der Waals surface area contributed by atoms with Gasteiger partial charge in [-0.3, -0.25) is 4.79 Å². The molecule has 0 spiro atoms. The van der Waals surface area contributed by atoms with Crippen molar-refractivity contribution in [2.45, 2.75) is 49.9 Å². The number of carbonyl (C=O) groups excluding carboxylic acids is 1. The second kappa shape index (κ2) is 7.77. The van der Waals surface area contributed by atoms with Gasteiger partial charge in [-0.05, 0) is 36.2 Å². The van der Waals surface area contributed by atoms with Gasteiger partial charge in [0.1, 0.15) is 0 Å². The summed E-state index contributed by atoms with van der Waals surface area (Å²) in [7, 11) is 0. The average Bonchev–Trinajstić information content (AvgIpc) is 3.25. The molecule has 4 nitrogen and oxygen atoms in total. The van der Waals surface area contributed by atoms with Crippen molar-refractivity contribution in [3.05, 3.63) is 64.7 Å². The number of aliphatic hydroxyl groups excluding tert-OH is 1. The summed E-state index contributed by atoms with van der Waals surface area (Å²) in [6, 6.07) is 7.38. The molecule has 10 heteroatoms. The van der Waals surface area contributed by atoms with Gasteiger partial charge in [-0.1, -0.05) is 24.3 Å². The molecule has 5 atom stereocenters. The van der Waals surface area contributed by atoms with Crippen LogP contribution in [0.5, 0.6) is 0 Å². The van der Waals surface area contributed by atoms with Crippen molar-refractivity contribution < 1.29 is 41.0 Å². The minimum absolute atomic E-state index is 0.0454. The number of hydrogen-bond acceptors (Lipinski definition) is 3. The number of alkyl halides is 6. The molecule has 172 valence electrons. The van der Waals surface area contributed by atoms with E-state index in [9.17, 15) is 36.2 Å². The number of rotatable bonds is 3. The van der Waals surface area contributed by atoms with Crippen molar-refractivity contribution >= 4 is 11.6 Å². The molecular formula is C22H19F6NO3. The number of hydrogen-bond donors (Lipinski definition) is 2. The second-order valence-electron chi connectivity index (χ2n) is 8.13. The Balaban J connectivity index is 1.66. The highest BCUT2D eigenvalue weighted by atomic mass is 19.4. The minimum atomic E-state index is -4.60. The largest absolute Gasteiger partial charge is 0.416 e. The number of amides is 1. The summed E-state index contributed by atoms with van der Waals surface area (Å²) in [5, 5.41) is 12.7. The van der Waals surface area contributed by atoms with Gasteiger partial charge < -0.3 is 15.2 Å². The van der Waals surface area contributed by atoms with E-state index in [1.54, 1.807) is 0 Å². The van der Waals surface area contributed by atoms with Crippen LogP contribution in [0.25, 0.3) is 0 Å². The van der Waals surface area contributed by atoms with E-state index < -0.39 is 59.5 Å². The zero-order chi connectivity index (χ0) is 23.4. The molecule has 1 amide bonds. The highest BCUT2D eigenvalue weighted by Crippen LogP contribution is 2.50. The predicted octanol–water partition coefficient (Wildman–Crippen LogP) is 4.90. The molecule has 0 aromatic heterocycles. The first kappa shape index (κ1) is 22.6. The third-order valence-electron chi connectivity index (χ3n) is 6.05. The van der Waals surface area contributed by atoms with E-state index in [1.807, 2.05) is 0 Å². The number of aliphatic hydroxyl groups is 1. The van der Waals surface area contributed by atoms with E-state index in [2.05, 4.69) is 5.32 Å². The quantitative estimate of drug-likeness (QED) is 0.642. The predicted molar refractivity (Wildman–Crippen MR) is 102 cm³/mol. The first-order valence-electron chi connectivity index (χ1n) is 9.85. The third kappa shape index (κ3) is 4.09. The van der Waals surface area contributed by atoms with Crippen molar-refractivity contribution in [3.63, 3.8) is 0 Å². The van der Waals surface area contributed by atoms with Crippen molar-refractivity contribution in [1.82, 2.24) is 0 Å². The van der Waals surface area contributed by atoms with Gasteiger partial charge in [0.05, 0.1) is 35.4 Å². The molecule has 2 heterocycles. The van der Waals surface area contributed by atoms with E-state index in [0.717, 1.165) is 24.3 Å². The summed E-state index contributed by atoms with van der Waals surface area (Å²) in [6.07, 6.45) is -11.7. The molecule has 2 bridgehead atoms. The Morgan fingerprint density at radius 1 is 1.03 bits per heavy atom. The van der Waals surface area contributed by atoms with E-state index in [4.69, 9.17) is 4.74 Å². The van der Waals surface area contributed by atoms with Crippen molar-refractivity contribution in [2.24, 2.45) is 5.92 Å². The molecule has 2 aliphatic heterocycles. The Morgan fingerprint density at radius 2 is 1.69 bits per heavy atom. The van der Waals surface area contributed by atoms with Gasteiger partial charge in [-0.15, -0.1) is 0 Å². The van der Waals surface area contributed by atoms with E-state index in [-0.39, 0.29) is 17.7 Å². The highest BCUT2D eigenvalue weighted by Gasteiger charge is 2.57. The molecule has 4 rings (SSSR count). The Morgan fingerprint density at radius 3 is 2.34 bits per heavy atom. The molecule has 32 heavy (non-hydrogen) atoms. The van der Waals surface area contributed by atoms with Crippen LogP contribution in [0.3, 0.4) is 0 Å². The van der Waals surface area contributed by atoms with Gasteiger partial charge in [-0.2, -0.15) is 26.3 Å². The molecule has 0 aliphatic carbocycles. The number of fused-ring (bicyclic) bond motifs is 2. The number of ether oxygens (including phenoxy) is 1. The number of aryl methyl sites for hydroxylation is 1. The van der Waals surface area contributed by atoms with Crippen LogP contribution in [-0.4, -0.2) is 29.3 Å². The topological polar surface area (TPSA) is 58.6 Å². The van der Waals surface area contributed by atoms with Gasteiger partial charge >= 0.3 is 12.4 Å². The maximum absolute atomic E-state index is 13.2. The van der Waals surface area contributed by atoms with Crippen molar-refractivity contribution in [1.29, 1.82) is 0 Å². The number of carbonyl (C=O) groups is 1. The SMILES string of the molecule is Cc1ccc(C(F)(F)F)cc1NC(=O)[C@@H]1[C@@H](c2cccc(C(F)(F)F)c2)[C@H]2O[C@@H]1C[C@@H]2O. The van der Waals surface area contributed by atoms with Crippen LogP contribution >= 0.6 is 0 Å². The zero-order valence-electron chi connectivity index (χ0n) is 16.7. The highest BCUT2D eigenvalue weighted by molar-refractivity contribution is 5.95. The molecular weight excluding hydrogens is 440 g/mol. The summed E-state index contributed by atoms with van der Waals surface area (Å²) in [5.41, 5.74) is -1.32. The van der Waals surface area contributed by atoms with E-state index >= 15 is 0 Å². The lowest BCUT2D eigenvalue weighted by Gasteiger charge is -2.30. The number of benzene rings is 2. The Labute approximate surface area is 179 Å². The monoisotopic (exact) mass is 459 g/mol. The lowest BCUT2D eigenvalue weighted by Crippen LogP contribution is -2.41. The van der Waals surface area contributed by atoms with Crippen molar-refractivity contribution in [2.75, 3.05) is 5.32 Å². The van der Waals surface area contributed by atoms with Crippen LogP contribution < -0.4 is 5.32 Å². The fourth-order valence-electron chi connectivity index (χ4n) is 4.51. The van der Waals surface area contributed by atoms with Crippen LogP contribution in [0.2, 0.25) is 0 Å². The smallest absolute Gasteiger partial charge is 0.390 e. The fraction of sp³-hybridized carbons (Fsp3) is 0.409. The summed E-state index contributed by atoms with van der Waals surface area (Å²) < 4.78 is 84.5. The van der Waals surface area contributed by atoms with E-state index in [1.165, 1.54) is 25.1 Å². The van der Waals surface area contributed by atoms with Gasteiger partial charge in [-0.25, -0.2) is 0 Å². The fourth-order valence-corrected chi connectivity index (χ4v) is 4.51. The van der Waals surface area contributed by atoms with Gasteiger partial charge in [0.2, 0.25) is 5.91 Å². The zero-order valence-corrected chi connectivity index (χ0v) is 16.7. The Kier molecular flexibility index (Phi) is 5.49. The lowest BCUT2D eigenvalue weighted by atomic mass is 9.73. The van der Waals surface area contributed by atoms with Crippen LogP contribution in [0.4, 0.5) is 32.0 Å². The van der Waals surface area contributed by atoms with Gasteiger partial charge in [0.15, 0.2) is 0 Å². The number of anilines is 1. The first-order chi connectivity index (χ1) is 14.9. The molecule has 2 N–H and O–H groups in total. The normalized spacial score (nSPS) is 27.6.